The minimum absolute atomic E-state index is 0.209. The van der Waals surface area contributed by atoms with Crippen LogP contribution in [0.3, 0.4) is 0 Å². The van der Waals surface area contributed by atoms with Crippen LogP contribution < -0.4 is 5.32 Å². The van der Waals surface area contributed by atoms with E-state index in [9.17, 15) is 14.0 Å². The first-order chi connectivity index (χ1) is 11.6. The normalized spacial score (nSPS) is 19.5. The lowest BCUT2D eigenvalue weighted by atomic mass is 9.97. The Balaban J connectivity index is 1.73. The summed E-state index contributed by atoms with van der Waals surface area (Å²) in [5, 5.41) is 2.39. The Kier molecular flexibility index (Phi) is 5.13. The van der Waals surface area contributed by atoms with Crippen LogP contribution in [0.15, 0.2) is 18.0 Å². The number of ether oxygens (including phenoxy) is 1. The van der Waals surface area contributed by atoms with Crippen LogP contribution in [0, 0.1) is 11.0 Å². The molecule has 0 unspecified atom stereocenters. The molecular weight excluding hydrogens is 333 g/mol. The monoisotopic (exact) mass is 353 g/mol. The molecule has 1 aliphatic heterocycles. The quantitative estimate of drug-likeness (QED) is 0.853. The second kappa shape index (κ2) is 7.29. The highest BCUT2D eigenvalue weighted by atomic mass is 32.1. The molecule has 2 aliphatic rings. The van der Waals surface area contributed by atoms with Crippen molar-refractivity contribution in [1.82, 2.24) is 9.88 Å². The van der Waals surface area contributed by atoms with Crippen LogP contribution in [0.25, 0.3) is 0 Å². The number of nitrogens with zero attached hydrogens (tertiary/aromatic N) is 2. The number of carbonyl (C=O) groups is 2. The van der Waals surface area contributed by atoms with Crippen molar-refractivity contribution in [3.05, 3.63) is 23.2 Å². The van der Waals surface area contributed by atoms with Crippen molar-refractivity contribution >= 4 is 28.3 Å². The lowest BCUT2D eigenvalue weighted by Crippen LogP contribution is -2.46. The fourth-order valence-corrected chi connectivity index (χ4v) is 3.89. The number of hydrogen-bond acceptors (Lipinski definition) is 5. The van der Waals surface area contributed by atoms with Crippen LogP contribution in [-0.2, 0) is 14.3 Å². The third-order valence-corrected chi connectivity index (χ3v) is 5.27. The molecule has 8 heteroatoms. The van der Waals surface area contributed by atoms with Gasteiger partial charge in [-0.05, 0) is 12.3 Å². The zero-order valence-electron chi connectivity index (χ0n) is 13.5. The molecule has 1 aromatic rings. The van der Waals surface area contributed by atoms with Crippen molar-refractivity contribution in [1.29, 1.82) is 0 Å². The van der Waals surface area contributed by atoms with Gasteiger partial charge in [-0.3, -0.25) is 9.59 Å². The molecule has 0 saturated heterocycles. The van der Waals surface area contributed by atoms with Gasteiger partial charge >= 0.3 is 0 Å². The number of aromatic nitrogens is 1. The summed E-state index contributed by atoms with van der Waals surface area (Å²) >= 11 is 0.774. The highest BCUT2D eigenvalue weighted by Crippen LogP contribution is 2.31. The van der Waals surface area contributed by atoms with E-state index in [1.807, 2.05) is 0 Å². The van der Waals surface area contributed by atoms with Gasteiger partial charge in [0.05, 0.1) is 19.9 Å². The van der Waals surface area contributed by atoms with E-state index in [4.69, 9.17) is 4.74 Å². The van der Waals surface area contributed by atoms with Crippen molar-refractivity contribution in [3.63, 3.8) is 0 Å². The average molecular weight is 353 g/mol. The van der Waals surface area contributed by atoms with Gasteiger partial charge in [-0.1, -0.05) is 37.0 Å². The molecule has 24 heavy (non-hydrogen) atoms. The largest absolute Gasteiger partial charge is 0.499 e. The van der Waals surface area contributed by atoms with E-state index in [0.717, 1.165) is 43.2 Å². The number of rotatable bonds is 6. The van der Waals surface area contributed by atoms with E-state index in [1.54, 1.807) is 0 Å². The summed E-state index contributed by atoms with van der Waals surface area (Å²) in [5.74, 6) is 0.420. The molecule has 0 radical (unpaired) electrons. The predicted octanol–water partition coefficient (Wildman–Crippen LogP) is 2.54. The van der Waals surface area contributed by atoms with Gasteiger partial charge in [0.25, 0.3) is 5.91 Å². The second-order valence-corrected chi connectivity index (χ2v) is 7.12. The van der Waals surface area contributed by atoms with Crippen molar-refractivity contribution in [2.75, 3.05) is 19.0 Å². The molecule has 0 bridgehead atoms. The van der Waals surface area contributed by atoms with Gasteiger partial charge in [0, 0.05) is 6.08 Å². The Labute approximate surface area is 143 Å². The standard InChI is InChI=1S/C16H20FN3O3S/c1-23-11-7-14(21)20(9-11)12(6-10-4-2-3-5-10)15(22)19-16-18-8-13(17)24-16/h7-8,10,12H,2-6,9H2,1H3,(H,18,19,22)/t12-/m0/s1. The molecule has 1 saturated carbocycles. The first-order valence-corrected chi connectivity index (χ1v) is 8.86. The van der Waals surface area contributed by atoms with E-state index in [0.29, 0.717) is 18.1 Å². The molecule has 1 atom stereocenters. The van der Waals surface area contributed by atoms with E-state index >= 15 is 0 Å². The van der Waals surface area contributed by atoms with E-state index < -0.39 is 11.2 Å². The Bertz CT molecular complexity index is 655. The first kappa shape index (κ1) is 16.9. The van der Waals surface area contributed by atoms with E-state index in [2.05, 4.69) is 10.3 Å². The molecule has 0 aromatic carbocycles. The lowest BCUT2D eigenvalue weighted by molar-refractivity contribution is -0.134. The first-order valence-electron chi connectivity index (χ1n) is 8.04. The van der Waals surface area contributed by atoms with Crippen LogP contribution >= 0.6 is 11.3 Å². The summed E-state index contributed by atoms with van der Waals surface area (Å²) in [5.41, 5.74) is 0. The fourth-order valence-electron chi connectivity index (χ4n) is 3.34. The summed E-state index contributed by atoms with van der Waals surface area (Å²) in [7, 11) is 1.51. The fraction of sp³-hybridized carbons (Fsp3) is 0.562. The molecule has 2 amide bonds. The molecule has 130 valence electrons. The molecule has 1 aliphatic carbocycles. The predicted molar refractivity (Wildman–Crippen MR) is 87.9 cm³/mol. The summed E-state index contributed by atoms with van der Waals surface area (Å²) in [6.07, 6.45) is 7.55. The van der Waals surface area contributed by atoms with Crippen LogP contribution in [0.2, 0.25) is 0 Å². The maximum atomic E-state index is 13.1. The molecular formula is C16H20FN3O3S. The second-order valence-electron chi connectivity index (χ2n) is 6.14. The maximum Gasteiger partial charge on any atom is 0.251 e. The molecule has 1 fully saturated rings. The van der Waals surface area contributed by atoms with Gasteiger partial charge in [-0.25, -0.2) is 4.98 Å². The molecule has 6 nitrogen and oxygen atoms in total. The van der Waals surface area contributed by atoms with Crippen molar-refractivity contribution in [3.8, 4) is 0 Å². The topological polar surface area (TPSA) is 71.5 Å². The molecule has 0 spiro atoms. The number of nitrogens with one attached hydrogen (secondary N) is 1. The van der Waals surface area contributed by atoms with Gasteiger partial charge < -0.3 is 15.0 Å². The summed E-state index contributed by atoms with van der Waals surface area (Å²) in [6, 6.07) is -0.600. The number of thiazole rings is 1. The van der Waals surface area contributed by atoms with Gasteiger partial charge in [0.2, 0.25) is 5.91 Å². The highest BCUT2D eigenvalue weighted by molar-refractivity contribution is 7.14. The van der Waals surface area contributed by atoms with Gasteiger partial charge in [-0.15, -0.1) is 0 Å². The molecule has 1 aromatic heterocycles. The molecule has 3 rings (SSSR count). The van der Waals surface area contributed by atoms with Gasteiger partial charge in [0.1, 0.15) is 11.8 Å². The Hall–Kier alpha value is -1.96. The number of methoxy groups -OCH3 is 1. The highest BCUT2D eigenvalue weighted by Gasteiger charge is 2.36. The maximum absolute atomic E-state index is 13.1. The summed E-state index contributed by atoms with van der Waals surface area (Å²) < 4.78 is 18.2. The number of amides is 2. The number of carbonyl (C=O) groups excluding carboxylic acids is 2. The minimum Gasteiger partial charge on any atom is -0.499 e. The number of halogens is 1. The third-order valence-electron chi connectivity index (χ3n) is 4.57. The summed E-state index contributed by atoms with van der Waals surface area (Å²) in [6.45, 7) is 0.284. The Morgan fingerprint density at radius 2 is 2.29 bits per heavy atom. The van der Waals surface area contributed by atoms with Crippen LogP contribution in [0.1, 0.15) is 32.1 Å². The minimum atomic E-state index is -0.600. The number of anilines is 1. The molecule has 2 heterocycles. The third kappa shape index (κ3) is 3.75. The number of hydrogen-bond donors (Lipinski definition) is 1. The van der Waals surface area contributed by atoms with Crippen LogP contribution in [-0.4, -0.2) is 41.4 Å². The van der Waals surface area contributed by atoms with E-state index in [-0.39, 0.29) is 23.5 Å². The SMILES string of the molecule is COC1=CC(=O)N([C@@H](CC2CCCC2)C(=O)Nc2ncc(F)s2)C1. The lowest BCUT2D eigenvalue weighted by Gasteiger charge is -2.28. The van der Waals surface area contributed by atoms with Gasteiger partial charge in [0.15, 0.2) is 10.3 Å². The zero-order chi connectivity index (χ0) is 17.1. The van der Waals surface area contributed by atoms with Crippen molar-refractivity contribution < 1.29 is 18.7 Å². The Morgan fingerprint density at radius 3 is 2.88 bits per heavy atom. The smallest absolute Gasteiger partial charge is 0.251 e. The summed E-state index contributed by atoms with van der Waals surface area (Å²) in [4.78, 5) is 30.3. The zero-order valence-corrected chi connectivity index (χ0v) is 14.3. The van der Waals surface area contributed by atoms with Crippen molar-refractivity contribution in [2.45, 2.75) is 38.1 Å². The Morgan fingerprint density at radius 1 is 1.54 bits per heavy atom. The molecule has 1 N–H and O–H groups in total. The average Bonchev–Trinajstić information content (AvgIpc) is 3.27. The van der Waals surface area contributed by atoms with Crippen LogP contribution in [0.4, 0.5) is 9.52 Å². The van der Waals surface area contributed by atoms with Gasteiger partial charge in [-0.2, -0.15) is 4.39 Å². The van der Waals surface area contributed by atoms with Crippen LogP contribution in [0.5, 0.6) is 0 Å². The van der Waals surface area contributed by atoms with E-state index in [1.165, 1.54) is 18.1 Å². The van der Waals surface area contributed by atoms with Crippen molar-refractivity contribution in [2.24, 2.45) is 5.92 Å².